The normalized spacial score (nSPS) is 12.9. The van der Waals surface area contributed by atoms with Crippen molar-refractivity contribution in [2.75, 3.05) is 20.7 Å². The molecule has 3 heteroatoms. The van der Waals surface area contributed by atoms with Crippen molar-refractivity contribution in [1.29, 1.82) is 0 Å². The average Bonchev–Trinajstić information content (AvgIpc) is 2.19. The molecule has 0 radical (unpaired) electrons. The fourth-order valence-corrected chi connectivity index (χ4v) is 1.64. The van der Waals surface area contributed by atoms with Crippen LogP contribution in [0, 0.1) is 0 Å². The van der Waals surface area contributed by atoms with Crippen LogP contribution >= 0.6 is 0 Å². The molecule has 90 valence electrons. The average molecular weight is 222 g/mol. The first-order valence-corrected chi connectivity index (χ1v) is 5.70. The molecule has 2 N–H and O–H groups in total. The molecule has 1 atom stereocenters. The molecule has 0 amide bonds. The summed E-state index contributed by atoms with van der Waals surface area (Å²) in [7, 11) is 4.10. The van der Waals surface area contributed by atoms with Crippen LogP contribution in [0.5, 0.6) is 5.75 Å². The van der Waals surface area contributed by atoms with E-state index in [-0.39, 0.29) is 6.04 Å². The topological polar surface area (TPSA) is 38.5 Å². The second-order valence-electron chi connectivity index (χ2n) is 4.33. The fourth-order valence-electron chi connectivity index (χ4n) is 1.64. The van der Waals surface area contributed by atoms with Gasteiger partial charge in [-0.05, 0) is 45.6 Å². The molecule has 1 aromatic carbocycles. The van der Waals surface area contributed by atoms with E-state index in [1.54, 1.807) is 0 Å². The SMILES string of the molecule is CCOc1ccc(C(C)N)cc1CN(C)C. The standard InChI is InChI=1S/C13H22N2O/c1-5-16-13-7-6-11(10(2)14)8-12(13)9-15(3)4/h6-8,10H,5,9,14H2,1-4H3. The Morgan fingerprint density at radius 2 is 2.06 bits per heavy atom. The lowest BCUT2D eigenvalue weighted by Crippen LogP contribution is -2.13. The molecular formula is C13H22N2O. The Morgan fingerprint density at radius 1 is 1.38 bits per heavy atom. The molecular weight excluding hydrogens is 200 g/mol. The molecule has 0 saturated heterocycles. The Kier molecular flexibility index (Phi) is 4.77. The summed E-state index contributed by atoms with van der Waals surface area (Å²) in [5, 5.41) is 0. The zero-order valence-corrected chi connectivity index (χ0v) is 10.7. The third kappa shape index (κ3) is 3.51. The third-order valence-electron chi connectivity index (χ3n) is 2.40. The van der Waals surface area contributed by atoms with Crippen molar-refractivity contribution in [2.45, 2.75) is 26.4 Å². The van der Waals surface area contributed by atoms with Crippen molar-refractivity contribution >= 4 is 0 Å². The molecule has 0 bridgehead atoms. The van der Waals surface area contributed by atoms with E-state index in [1.807, 2.05) is 40.1 Å². The van der Waals surface area contributed by atoms with E-state index < -0.39 is 0 Å². The lowest BCUT2D eigenvalue weighted by molar-refractivity contribution is 0.324. The van der Waals surface area contributed by atoms with Crippen LogP contribution in [0.2, 0.25) is 0 Å². The second kappa shape index (κ2) is 5.87. The number of nitrogens with zero attached hydrogens (tertiary/aromatic N) is 1. The summed E-state index contributed by atoms with van der Waals surface area (Å²) in [6, 6.07) is 6.25. The number of nitrogens with two attached hydrogens (primary N) is 1. The smallest absolute Gasteiger partial charge is 0.123 e. The van der Waals surface area contributed by atoms with Gasteiger partial charge in [-0.25, -0.2) is 0 Å². The lowest BCUT2D eigenvalue weighted by Gasteiger charge is -2.16. The van der Waals surface area contributed by atoms with Gasteiger partial charge in [0.1, 0.15) is 5.75 Å². The maximum absolute atomic E-state index is 5.88. The quantitative estimate of drug-likeness (QED) is 0.829. The van der Waals surface area contributed by atoms with Gasteiger partial charge in [-0.15, -0.1) is 0 Å². The lowest BCUT2D eigenvalue weighted by atomic mass is 10.0. The number of ether oxygens (including phenoxy) is 1. The summed E-state index contributed by atoms with van der Waals surface area (Å²) in [5.74, 6) is 0.959. The molecule has 0 saturated carbocycles. The van der Waals surface area contributed by atoms with Crippen LogP contribution < -0.4 is 10.5 Å². The molecule has 0 aliphatic carbocycles. The summed E-state index contributed by atoms with van der Waals surface area (Å²) in [4.78, 5) is 2.13. The van der Waals surface area contributed by atoms with Gasteiger partial charge in [0.05, 0.1) is 6.61 Å². The highest BCUT2D eigenvalue weighted by Crippen LogP contribution is 2.23. The van der Waals surface area contributed by atoms with Crippen molar-refractivity contribution in [1.82, 2.24) is 4.90 Å². The van der Waals surface area contributed by atoms with Crippen LogP contribution in [-0.2, 0) is 6.54 Å². The number of hydrogen-bond donors (Lipinski definition) is 1. The minimum Gasteiger partial charge on any atom is -0.494 e. The van der Waals surface area contributed by atoms with Gasteiger partial charge in [-0.1, -0.05) is 6.07 Å². The Labute approximate surface area is 98.2 Å². The Morgan fingerprint density at radius 3 is 2.56 bits per heavy atom. The maximum atomic E-state index is 5.88. The molecule has 0 aliphatic rings. The summed E-state index contributed by atoms with van der Waals surface area (Å²) in [6.07, 6.45) is 0. The van der Waals surface area contributed by atoms with Crippen LogP contribution in [0.1, 0.15) is 31.0 Å². The molecule has 0 aromatic heterocycles. The van der Waals surface area contributed by atoms with E-state index in [2.05, 4.69) is 11.0 Å². The van der Waals surface area contributed by atoms with Gasteiger partial charge in [0.15, 0.2) is 0 Å². The van der Waals surface area contributed by atoms with E-state index in [4.69, 9.17) is 10.5 Å². The molecule has 3 nitrogen and oxygen atoms in total. The van der Waals surface area contributed by atoms with Crippen molar-refractivity contribution < 1.29 is 4.74 Å². The zero-order chi connectivity index (χ0) is 12.1. The van der Waals surface area contributed by atoms with Crippen LogP contribution in [0.3, 0.4) is 0 Å². The summed E-state index contributed by atoms with van der Waals surface area (Å²) < 4.78 is 5.61. The van der Waals surface area contributed by atoms with E-state index in [0.717, 1.165) is 17.9 Å². The van der Waals surface area contributed by atoms with Gasteiger partial charge in [0.2, 0.25) is 0 Å². The van der Waals surface area contributed by atoms with Crippen LogP contribution in [0.15, 0.2) is 18.2 Å². The predicted molar refractivity (Wildman–Crippen MR) is 67.6 cm³/mol. The Hall–Kier alpha value is -1.06. The van der Waals surface area contributed by atoms with E-state index in [9.17, 15) is 0 Å². The molecule has 0 heterocycles. The highest BCUT2D eigenvalue weighted by Gasteiger charge is 2.08. The molecule has 0 aliphatic heterocycles. The van der Waals surface area contributed by atoms with Gasteiger partial charge < -0.3 is 15.4 Å². The van der Waals surface area contributed by atoms with E-state index in [1.165, 1.54) is 5.56 Å². The summed E-state index contributed by atoms with van der Waals surface area (Å²) >= 11 is 0. The second-order valence-corrected chi connectivity index (χ2v) is 4.33. The highest BCUT2D eigenvalue weighted by atomic mass is 16.5. The first-order chi connectivity index (χ1) is 7.54. The summed E-state index contributed by atoms with van der Waals surface area (Å²) in [5.41, 5.74) is 8.23. The first kappa shape index (κ1) is 13.0. The van der Waals surface area contributed by atoms with Crippen molar-refractivity contribution in [3.8, 4) is 5.75 Å². The Balaban J connectivity index is 3.00. The van der Waals surface area contributed by atoms with Crippen LogP contribution in [0.4, 0.5) is 0 Å². The van der Waals surface area contributed by atoms with Gasteiger partial charge in [0.25, 0.3) is 0 Å². The Bertz CT molecular complexity index is 335. The van der Waals surface area contributed by atoms with Gasteiger partial charge in [0, 0.05) is 18.2 Å². The molecule has 0 fully saturated rings. The third-order valence-corrected chi connectivity index (χ3v) is 2.40. The monoisotopic (exact) mass is 222 g/mol. The van der Waals surface area contributed by atoms with Crippen molar-refractivity contribution in [3.63, 3.8) is 0 Å². The number of rotatable bonds is 5. The molecule has 1 aromatic rings. The molecule has 16 heavy (non-hydrogen) atoms. The minimum absolute atomic E-state index is 0.0663. The first-order valence-electron chi connectivity index (χ1n) is 5.70. The van der Waals surface area contributed by atoms with Gasteiger partial charge in [-0.3, -0.25) is 0 Å². The summed E-state index contributed by atoms with van der Waals surface area (Å²) in [6.45, 7) is 5.56. The minimum atomic E-state index is 0.0663. The molecule has 1 unspecified atom stereocenters. The van der Waals surface area contributed by atoms with Crippen LogP contribution in [-0.4, -0.2) is 25.6 Å². The van der Waals surface area contributed by atoms with E-state index >= 15 is 0 Å². The highest BCUT2D eigenvalue weighted by molar-refractivity contribution is 5.38. The maximum Gasteiger partial charge on any atom is 0.123 e. The zero-order valence-electron chi connectivity index (χ0n) is 10.7. The van der Waals surface area contributed by atoms with Gasteiger partial charge in [-0.2, -0.15) is 0 Å². The predicted octanol–water partition coefficient (Wildman–Crippen LogP) is 2.17. The van der Waals surface area contributed by atoms with Crippen molar-refractivity contribution in [2.24, 2.45) is 5.73 Å². The fraction of sp³-hybridized carbons (Fsp3) is 0.538. The molecule has 1 rings (SSSR count). The van der Waals surface area contributed by atoms with E-state index in [0.29, 0.717) is 6.61 Å². The van der Waals surface area contributed by atoms with Gasteiger partial charge >= 0.3 is 0 Å². The largest absolute Gasteiger partial charge is 0.494 e. The molecule has 0 spiro atoms. The number of hydrogen-bond acceptors (Lipinski definition) is 3. The number of benzene rings is 1. The van der Waals surface area contributed by atoms with Crippen molar-refractivity contribution in [3.05, 3.63) is 29.3 Å². The van der Waals surface area contributed by atoms with Crippen LogP contribution in [0.25, 0.3) is 0 Å².